The van der Waals surface area contributed by atoms with Gasteiger partial charge in [0.05, 0.1) is 22.1 Å². The van der Waals surface area contributed by atoms with Gasteiger partial charge in [0, 0.05) is 0 Å². The fourth-order valence-electron chi connectivity index (χ4n) is 2.72. The maximum absolute atomic E-state index is 11.4. The molecule has 7 heteroatoms. The quantitative estimate of drug-likeness (QED) is 0.662. The molecular formula is C19H15Cl2NO3S. The molecule has 0 bridgehead atoms. The molecule has 0 unspecified atom stereocenters. The van der Waals surface area contributed by atoms with E-state index in [1.165, 1.54) is 19.2 Å². The van der Waals surface area contributed by atoms with Crippen molar-refractivity contribution in [2.75, 3.05) is 7.11 Å². The topological polar surface area (TPSA) is 69.4 Å². The number of halogens is 2. The number of ether oxygens (including phenoxy) is 1. The highest BCUT2D eigenvalue weighted by molar-refractivity contribution is 7.89. The molecule has 0 heterocycles. The third-order valence-corrected chi connectivity index (χ3v) is 5.43. The second kappa shape index (κ2) is 7.29. The lowest BCUT2D eigenvalue weighted by molar-refractivity contribution is 0.415. The summed E-state index contributed by atoms with van der Waals surface area (Å²) in [4.78, 5) is 0.0641. The molecule has 0 aromatic heterocycles. The van der Waals surface area contributed by atoms with Gasteiger partial charge in [-0.15, -0.1) is 0 Å². The van der Waals surface area contributed by atoms with Crippen molar-refractivity contribution in [3.8, 4) is 28.0 Å². The first-order valence-electron chi connectivity index (χ1n) is 7.57. The Morgan fingerprint density at radius 1 is 0.846 bits per heavy atom. The molecular weight excluding hydrogens is 393 g/mol. The van der Waals surface area contributed by atoms with E-state index in [-0.39, 0.29) is 4.90 Å². The van der Waals surface area contributed by atoms with E-state index in [9.17, 15) is 8.42 Å². The predicted octanol–water partition coefficient (Wildman–Crippen LogP) is 4.98. The Hall–Kier alpha value is -2.05. The Kier molecular flexibility index (Phi) is 5.25. The summed E-state index contributed by atoms with van der Waals surface area (Å²) in [5, 5.41) is 5.98. The molecule has 26 heavy (non-hydrogen) atoms. The first kappa shape index (κ1) is 18.7. The number of sulfonamides is 1. The van der Waals surface area contributed by atoms with Crippen molar-refractivity contribution in [1.82, 2.24) is 0 Å². The number of primary sulfonamides is 1. The number of methoxy groups -OCH3 is 1. The van der Waals surface area contributed by atoms with E-state index in [2.05, 4.69) is 0 Å². The van der Waals surface area contributed by atoms with Gasteiger partial charge >= 0.3 is 0 Å². The average molecular weight is 408 g/mol. The Morgan fingerprint density at radius 3 is 1.81 bits per heavy atom. The van der Waals surface area contributed by atoms with Crippen molar-refractivity contribution in [2.45, 2.75) is 4.90 Å². The standard InChI is InChI=1S/C19H15Cl2NO3S/c1-25-19-17(20)10-13(11-18(19)21)16-5-3-2-4-15(16)12-6-8-14(9-7-12)26(22,23)24/h2-11H,1H3,(H2,22,23,24). The molecule has 0 radical (unpaired) electrons. The minimum Gasteiger partial charge on any atom is -0.494 e. The lowest BCUT2D eigenvalue weighted by Crippen LogP contribution is -2.11. The summed E-state index contributed by atoms with van der Waals surface area (Å²) in [7, 11) is -2.22. The molecule has 0 fully saturated rings. The van der Waals surface area contributed by atoms with Gasteiger partial charge in [-0.1, -0.05) is 59.6 Å². The lowest BCUT2D eigenvalue weighted by atomic mass is 9.94. The van der Waals surface area contributed by atoms with Crippen LogP contribution in [-0.2, 0) is 10.0 Å². The predicted molar refractivity (Wildman–Crippen MR) is 105 cm³/mol. The molecule has 134 valence electrons. The van der Waals surface area contributed by atoms with Gasteiger partial charge in [0.15, 0.2) is 5.75 Å². The van der Waals surface area contributed by atoms with Crippen LogP contribution in [0.15, 0.2) is 65.6 Å². The molecule has 4 nitrogen and oxygen atoms in total. The van der Waals surface area contributed by atoms with Crippen LogP contribution in [0, 0.1) is 0 Å². The Morgan fingerprint density at radius 2 is 1.35 bits per heavy atom. The van der Waals surface area contributed by atoms with Crippen LogP contribution >= 0.6 is 23.2 Å². The SMILES string of the molecule is COc1c(Cl)cc(-c2ccccc2-c2ccc(S(N)(=O)=O)cc2)cc1Cl. The summed E-state index contributed by atoms with van der Waals surface area (Å²) in [6, 6.07) is 17.6. The Balaban J connectivity index is 2.13. The highest BCUT2D eigenvalue weighted by Crippen LogP contribution is 2.40. The molecule has 0 aliphatic rings. The van der Waals surface area contributed by atoms with Gasteiger partial charge in [0.25, 0.3) is 0 Å². The highest BCUT2D eigenvalue weighted by atomic mass is 35.5. The molecule has 3 aromatic rings. The summed E-state index contributed by atoms with van der Waals surface area (Å²) in [6.45, 7) is 0. The smallest absolute Gasteiger partial charge is 0.238 e. The fourth-order valence-corrected chi connectivity index (χ4v) is 3.88. The minimum atomic E-state index is -3.73. The molecule has 2 N–H and O–H groups in total. The summed E-state index contributed by atoms with van der Waals surface area (Å²) in [5.74, 6) is 0.423. The zero-order valence-corrected chi connectivity index (χ0v) is 16.1. The van der Waals surface area contributed by atoms with Crippen LogP contribution in [0.3, 0.4) is 0 Å². The zero-order valence-electron chi connectivity index (χ0n) is 13.7. The monoisotopic (exact) mass is 407 g/mol. The van der Waals surface area contributed by atoms with Crippen LogP contribution in [0.5, 0.6) is 5.75 Å². The van der Waals surface area contributed by atoms with Crippen LogP contribution in [0.25, 0.3) is 22.3 Å². The van der Waals surface area contributed by atoms with Crippen LogP contribution in [-0.4, -0.2) is 15.5 Å². The van der Waals surface area contributed by atoms with Crippen molar-refractivity contribution in [3.63, 3.8) is 0 Å². The highest BCUT2D eigenvalue weighted by Gasteiger charge is 2.14. The molecule has 0 aliphatic carbocycles. The third-order valence-electron chi connectivity index (χ3n) is 3.93. The summed E-state index contributed by atoms with van der Waals surface area (Å²) in [5.41, 5.74) is 3.48. The molecule has 3 aromatic carbocycles. The van der Waals surface area contributed by atoms with Crippen LogP contribution in [0.1, 0.15) is 0 Å². The van der Waals surface area contributed by atoms with E-state index in [4.69, 9.17) is 33.1 Å². The maximum atomic E-state index is 11.4. The van der Waals surface area contributed by atoms with Gasteiger partial charge in [0.2, 0.25) is 10.0 Å². The number of rotatable bonds is 4. The second-order valence-electron chi connectivity index (χ2n) is 5.59. The van der Waals surface area contributed by atoms with E-state index < -0.39 is 10.0 Å². The van der Waals surface area contributed by atoms with Crippen molar-refractivity contribution in [3.05, 3.63) is 70.7 Å². The summed E-state index contributed by atoms with van der Waals surface area (Å²) >= 11 is 12.5. The molecule has 0 spiro atoms. The van der Waals surface area contributed by atoms with E-state index in [0.717, 1.165) is 22.3 Å². The normalized spacial score (nSPS) is 11.4. The van der Waals surface area contributed by atoms with E-state index in [1.807, 2.05) is 24.3 Å². The first-order chi connectivity index (χ1) is 12.3. The Bertz CT molecular complexity index is 1040. The van der Waals surface area contributed by atoms with Gasteiger partial charge < -0.3 is 4.74 Å². The third kappa shape index (κ3) is 3.71. The lowest BCUT2D eigenvalue weighted by Gasteiger charge is -2.13. The van der Waals surface area contributed by atoms with Crippen molar-refractivity contribution >= 4 is 33.2 Å². The van der Waals surface area contributed by atoms with Crippen molar-refractivity contribution in [2.24, 2.45) is 5.14 Å². The number of hydrogen-bond donors (Lipinski definition) is 1. The molecule has 0 aliphatic heterocycles. The second-order valence-corrected chi connectivity index (χ2v) is 7.96. The fraction of sp³-hybridized carbons (Fsp3) is 0.0526. The van der Waals surface area contributed by atoms with E-state index in [1.54, 1.807) is 24.3 Å². The maximum Gasteiger partial charge on any atom is 0.238 e. The molecule has 3 rings (SSSR count). The van der Waals surface area contributed by atoms with Gasteiger partial charge in [-0.25, -0.2) is 13.6 Å². The zero-order chi connectivity index (χ0) is 18.9. The molecule has 0 saturated heterocycles. The number of benzene rings is 3. The van der Waals surface area contributed by atoms with E-state index >= 15 is 0 Å². The van der Waals surface area contributed by atoms with Crippen molar-refractivity contribution in [1.29, 1.82) is 0 Å². The van der Waals surface area contributed by atoms with Gasteiger partial charge in [-0.3, -0.25) is 0 Å². The van der Waals surface area contributed by atoms with Crippen molar-refractivity contribution < 1.29 is 13.2 Å². The summed E-state index contributed by atoms with van der Waals surface area (Å²) < 4.78 is 28.1. The number of hydrogen-bond acceptors (Lipinski definition) is 3. The molecule has 0 atom stereocenters. The van der Waals surface area contributed by atoms with Crippen LogP contribution < -0.4 is 9.88 Å². The van der Waals surface area contributed by atoms with Gasteiger partial charge in [0.1, 0.15) is 0 Å². The average Bonchev–Trinajstić information content (AvgIpc) is 2.61. The van der Waals surface area contributed by atoms with Gasteiger partial charge in [-0.2, -0.15) is 0 Å². The minimum absolute atomic E-state index is 0.0641. The summed E-state index contributed by atoms with van der Waals surface area (Å²) in [6.07, 6.45) is 0. The van der Waals surface area contributed by atoms with Gasteiger partial charge in [-0.05, 0) is 46.5 Å². The Labute approximate surface area is 162 Å². The largest absolute Gasteiger partial charge is 0.494 e. The first-order valence-corrected chi connectivity index (χ1v) is 9.87. The van der Waals surface area contributed by atoms with Crippen LogP contribution in [0.4, 0.5) is 0 Å². The van der Waals surface area contributed by atoms with Crippen LogP contribution in [0.2, 0.25) is 10.0 Å². The molecule has 0 amide bonds. The van der Waals surface area contributed by atoms with E-state index in [0.29, 0.717) is 15.8 Å². The number of nitrogens with two attached hydrogens (primary N) is 1. The molecule has 0 saturated carbocycles.